The van der Waals surface area contributed by atoms with E-state index in [1.807, 2.05) is 30.3 Å². The number of aliphatic imine (C=N–C) groups is 1. The molecule has 1 aromatic rings. The van der Waals surface area contributed by atoms with Gasteiger partial charge >= 0.3 is 0 Å². The van der Waals surface area contributed by atoms with Gasteiger partial charge in [0.1, 0.15) is 0 Å². The van der Waals surface area contributed by atoms with Gasteiger partial charge in [0.2, 0.25) is 5.91 Å². The number of rotatable bonds is 7. The van der Waals surface area contributed by atoms with E-state index in [9.17, 15) is 9.00 Å². The molecule has 0 aliphatic carbocycles. The average molecular weight is 507 g/mol. The van der Waals surface area contributed by atoms with Gasteiger partial charge in [0.05, 0.1) is 17.3 Å². The number of halogens is 1. The molecule has 1 unspecified atom stereocenters. The third-order valence-corrected chi connectivity index (χ3v) is 5.76. The zero-order valence-corrected chi connectivity index (χ0v) is 19.1. The quantitative estimate of drug-likeness (QED) is 0.289. The molecule has 1 aliphatic heterocycles. The van der Waals surface area contributed by atoms with Crippen molar-refractivity contribution in [2.45, 2.75) is 23.8 Å². The first-order valence-corrected chi connectivity index (χ1v) is 10.3. The number of benzene rings is 1. The van der Waals surface area contributed by atoms with Crippen molar-refractivity contribution in [2.75, 3.05) is 46.0 Å². The Labute approximate surface area is 181 Å². The summed E-state index contributed by atoms with van der Waals surface area (Å²) in [7, 11) is 2.39. The van der Waals surface area contributed by atoms with E-state index in [4.69, 9.17) is 0 Å². The number of piperidine rings is 1. The molecule has 0 bridgehead atoms. The highest BCUT2D eigenvalue weighted by atomic mass is 127. The standard InChI is InChI=1S/C18H29N5O2S.HI/c1-19-17(24)14-23-11-8-15(9-12-23)22-18(20-2)21-10-13-26(25)16-6-4-3-5-7-16;/h3-7,15H,8-14H2,1-2H3,(H,19,24)(H2,20,21,22);1H. The van der Waals surface area contributed by atoms with Gasteiger partial charge in [-0.3, -0.25) is 18.9 Å². The predicted octanol–water partition coefficient (Wildman–Crippen LogP) is 0.788. The number of amides is 1. The molecule has 1 heterocycles. The van der Waals surface area contributed by atoms with Crippen molar-refractivity contribution in [1.82, 2.24) is 20.9 Å². The summed E-state index contributed by atoms with van der Waals surface area (Å²) in [6.45, 7) is 2.83. The van der Waals surface area contributed by atoms with Crippen LogP contribution in [0.4, 0.5) is 0 Å². The molecule has 0 saturated carbocycles. The Balaban J connectivity index is 0.00000364. The van der Waals surface area contributed by atoms with E-state index in [0.717, 1.165) is 36.8 Å². The molecule has 1 atom stereocenters. The average Bonchev–Trinajstić information content (AvgIpc) is 2.69. The van der Waals surface area contributed by atoms with Crippen molar-refractivity contribution in [3.05, 3.63) is 30.3 Å². The maximum absolute atomic E-state index is 12.2. The third-order valence-electron chi connectivity index (χ3n) is 4.38. The van der Waals surface area contributed by atoms with Gasteiger partial charge < -0.3 is 16.0 Å². The molecule has 0 aromatic heterocycles. The van der Waals surface area contributed by atoms with Crippen molar-refractivity contribution < 1.29 is 9.00 Å². The number of hydrogen-bond acceptors (Lipinski definition) is 4. The van der Waals surface area contributed by atoms with Crippen LogP contribution in [0.15, 0.2) is 40.2 Å². The van der Waals surface area contributed by atoms with Crippen molar-refractivity contribution in [2.24, 2.45) is 4.99 Å². The zero-order chi connectivity index (χ0) is 18.8. The number of likely N-dealkylation sites (N-methyl/N-ethyl adjacent to an activating group) is 1. The lowest BCUT2D eigenvalue weighted by molar-refractivity contribution is -0.122. The van der Waals surface area contributed by atoms with Gasteiger partial charge in [-0.05, 0) is 25.0 Å². The van der Waals surface area contributed by atoms with Gasteiger partial charge in [-0.25, -0.2) is 0 Å². The maximum atomic E-state index is 12.2. The van der Waals surface area contributed by atoms with Gasteiger partial charge in [-0.2, -0.15) is 0 Å². The summed E-state index contributed by atoms with van der Waals surface area (Å²) < 4.78 is 12.2. The van der Waals surface area contributed by atoms with Gasteiger partial charge in [0, 0.05) is 50.4 Å². The van der Waals surface area contributed by atoms with E-state index in [2.05, 4.69) is 25.8 Å². The van der Waals surface area contributed by atoms with E-state index in [1.165, 1.54) is 0 Å². The number of guanidine groups is 1. The van der Waals surface area contributed by atoms with Gasteiger partial charge in [-0.1, -0.05) is 18.2 Å². The van der Waals surface area contributed by atoms with Crippen LogP contribution in [0.1, 0.15) is 12.8 Å². The Bertz CT molecular complexity index is 621. The fourth-order valence-electron chi connectivity index (χ4n) is 2.86. The highest BCUT2D eigenvalue weighted by Crippen LogP contribution is 2.10. The van der Waals surface area contributed by atoms with Crippen LogP contribution in [-0.4, -0.2) is 73.0 Å². The summed E-state index contributed by atoms with van der Waals surface area (Å²) in [6.07, 6.45) is 1.93. The predicted molar refractivity (Wildman–Crippen MR) is 121 cm³/mol. The van der Waals surface area contributed by atoms with E-state index in [1.54, 1.807) is 14.1 Å². The fourth-order valence-corrected chi connectivity index (χ4v) is 3.84. The van der Waals surface area contributed by atoms with Crippen LogP contribution >= 0.6 is 24.0 Å². The molecule has 0 radical (unpaired) electrons. The van der Waals surface area contributed by atoms with E-state index in [0.29, 0.717) is 24.9 Å². The molecule has 9 heteroatoms. The summed E-state index contributed by atoms with van der Waals surface area (Å²) in [5.41, 5.74) is 0. The lowest BCUT2D eigenvalue weighted by Crippen LogP contribution is -2.50. The molecule has 1 amide bonds. The number of nitrogens with one attached hydrogen (secondary N) is 3. The number of nitrogens with zero attached hydrogens (tertiary/aromatic N) is 2. The van der Waals surface area contributed by atoms with E-state index >= 15 is 0 Å². The summed E-state index contributed by atoms with van der Waals surface area (Å²) in [4.78, 5) is 18.7. The van der Waals surface area contributed by atoms with Gasteiger partial charge in [0.15, 0.2) is 5.96 Å². The van der Waals surface area contributed by atoms with Crippen LogP contribution in [-0.2, 0) is 15.6 Å². The van der Waals surface area contributed by atoms with Crippen molar-refractivity contribution in [3.8, 4) is 0 Å². The normalized spacial score (nSPS) is 16.9. The molecule has 152 valence electrons. The second kappa shape index (κ2) is 13.1. The van der Waals surface area contributed by atoms with Gasteiger partial charge in [0.25, 0.3) is 0 Å². The second-order valence-electron chi connectivity index (χ2n) is 6.23. The minimum atomic E-state index is -1.01. The van der Waals surface area contributed by atoms with E-state index in [-0.39, 0.29) is 29.9 Å². The minimum Gasteiger partial charge on any atom is -0.358 e. The van der Waals surface area contributed by atoms with Crippen molar-refractivity contribution >= 4 is 46.6 Å². The maximum Gasteiger partial charge on any atom is 0.233 e. The van der Waals surface area contributed by atoms with Crippen molar-refractivity contribution in [1.29, 1.82) is 0 Å². The molecule has 7 nitrogen and oxygen atoms in total. The first kappa shape index (κ1) is 23.8. The lowest BCUT2D eigenvalue weighted by atomic mass is 10.1. The zero-order valence-electron chi connectivity index (χ0n) is 15.9. The molecular formula is C18H30IN5O2S. The number of hydrogen-bond donors (Lipinski definition) is 3. The molecule has 1 saturated heterocycles. The number of carbonyl (C=O) groups is 1. The molecule has 1 fully saturated rings. The molecule has 0 spiro atoms. The smallest absolute Gasteiger partial charge is 0.233 e. The minimum absolute atomic E-state index is 0. The molecule has 2 rings (SSSR count). The Morgan fingerprint density at radius 2 is 1.93 bits per heavy atom. The summed E-state index contributed by atoms with van der Waals surface area (Å²) in [6, 6.07) is 9.83. The molecule has 3 N–H and O–H groups in total. The molecule has 27 heavy (non-hydrogen) atoms. The van der Waals surface area contributed by atoms with Crippen LogP contribution in [0.5, 0.6) is 0 Å². The second-order valence-corrected chi connectivity index (χ2v) is 7.80. The van der Waals surface area contributed by atoms with Crippen LogP contribution in [0.2, 0.25) is 0 Å². The highest BCUT2D eigenvalue weighted by Gasteiger charge is 2.21. The number of carbonyl (C=O) groups excluding carboxylic acids is 1. The fraction of sp³-hybridized carbons (Fsp3) is 0.556. The molecule has 1 aliphatic rings. The Hall–Kier alpha value is -1.20. The van der Waals surface area contributed by atoms with Crippen LogP contribution < -0.4 is 16.0 Å². The molecular weight excluding hydrogens is 477 g/mol. The Morgan fingerprint density at radius 1 is 1.26 bits per heavy atom. The highest BCUT2D eigenvalue weighted by molar-refractivity contribution is 14.0. The third kappa shape index (κ3) is 8.56. The Morgan fingerprint density at radius 3 is 2.52 bits per heavy atom. The van der Waals surface area contributed by atoms with Gasteiger partial charge in [-0.15, -0.1) is 24.0 Å². The number of likely N-dealkylation sites (tertiary alicyclic amines) is 1. The summed E-state index contributed by atoms with van der Waals surface area (Å²) in [5, 5.41) is 9.32. The SMILES string of the molecule is CN=C(NCCS(=O)c1ccccc1)NC1CCN(CC(=O)NC)CC1.I. The van der Waals surface area contributed by atoms with Crippen molar-refractivity contribution in [3.63, 3.8) is 0 Å². The summed E-state index contributed by atoms with van der Waals surface area (Å²) in [5.74, 6) is 1.33. The van der Waals surface area contributed by atoms with Crippen LogP contribution in [0.25, 0.3) is 0 Å². The molecule has 1 aromatic carbocycles. The first-order chi connectivity index (χ1) is 12.6. The van der Waals surface area contributed by atoms with Crippen LogP contribution in [0, 0.1) is 0 Å². The topological polar surface area (TPSA) is 85.8 Å². The Kier molecular flexibility index (Phi) is 11.5. The monoisotopic (exact) mass is 507 g/mol. The summed E-state index contributed by atoms with van der Waals surface area (Å²) >= 11 is 0. The lowest BCUT2D eigenvalue weighted by Gasteiger charge is -2.32. The first-order valence-electron chi connectivity index (χ1n) is 8.96. The van der Waals surface area contributed by atoms with E-state index < -0.39 is 10.8 Å². The largest absolute Gasteiger partial charge is 0.358 e. The van der Waals surface area contributed by atoms with Crippen LogP contribution in [0.3, 0.4) is 0 Å².